The molecule has 0 bridgehead atoms. The molecule has 144 valence electrons. The number of rotatable bonds is 6. The van der Waals surface area contributed by atoms with Crippen molar-refractivity contribution in [2.75, 3.05) is 6.79 Å². The lowest BCUT2D eigenvalue weighted by molar-refractivity contribution is 0.174. The third-order valence-corrected chi connectivity index (χ3v) is 4.92. The number of hydrogen-bond acceptors (Lipinski definition) is 6. The van der Waals surface area contributed by atoms with E-state index in [0.29, 0.717) is 34.7 Å². The fourth-order valence-corrected chi connectivity index (χ4v) is 3.45. The number of hydrogen-bond donors (Lipinski definition) is 0. The Hall–Kier alpha value is -2.87. The summed E-state index contributed by atoms with van der Waals surface area (Å²) in [5.41, 5.74) is 1.04. The lowest BCUT2D eigenvalue weighted by Crippen LogP contribution is -1.98. The van der Waals surface area contributed by atoms with E-state index in [1.807, 2.05) is 6.92 Å². The maximum atomic E-state index is 13.8. The van der Waals surface area contributed by atoms with Crippen molar-refractivity contribution in [3.8, 4) is 23.1 Å². The second kappa shape index (κ2) is 8.02. The van der Waals surface area contributed by atoms with Crippen LogP contribution in [0, 0.1) is 11.6 Å². The Labute approximate surface area is 164 Å². The van der Waals surface area contributed by atoms with Crippen LogP contribution in [-0.4, -0.2) is 16.8 Å². The molecule has 0 N–H and O–H groups in total. The highest BCUT2D eigenvalue weighted by atomic mass is 32.2. The summed E-state index contributed by atoms with van der Waals surface area (Å²) >= 11 is 1.22. The van der Waals surface area contributed by atoms with Gasteiger partial charge in [0.15, 0.2) is 16.7 Å². The van der Waals surface area contributed by atoms with Gasteiger partial charge < -0.3 is 14.2 Å². The largest absolute Gasteiger partial charge is 0.454 e. The number of halogens is 2. The molecule has 0 aliphatic carbocycles. The summed E-state index contributed by atoms with van der Waals surface area (Å²) in [6.45, 7) is 2.15. The smallest absolute Gasteiger partial charge is 0.231 e. The number of fused-ring (bicyclic) bond motifs is 1. The molecule has 0 unspecified atom stereocenters. The summed E-state index contributed by atoms with van der Waals surface area (Å²) in [6.07, 6.45) is 0.682. The highest BCUT2D eigenvalue weighted by Gasteiger charge is 2.15. The van der Waals surface area contributed by atoms with Gasteiger partial charge in [-0.05, 0) is 36.8 Å². The van der Waals surface area contributed by atoms with Gasteiger partial charge in [-0.3, -0.25) is 0 Å². The van der Waals surface area contributed by atoms with Crippen LogP contribution in [0.4, 0.5) is 8.78 Å². The molecule has 1 aliphatic heterocycles. The zero-order valence-electron chi connectivity index (χ0n) is 14.9. The van der Waals surface area contributed by atoms with Crippen LogP contribution in [0.5, 0.6) is 23.1 Å². The number of aromatic nitrogens is 2. The average molecular weight is 402 g/mol. The van der Waals surface area contributed by atoms with E-state index >= 15 is 0 Å². The summed E-state index contributed by atoms with van der Waals surface area (Å²) in [4.78, 5) is 8.81. The topological polar surface area (TPSA) is 53.5 Å². The third-order valence-electron chi connectivity index (χ3n) is 4.03. The van der Waals surface area contributed by atoms with Crippen LogP contribution in [0.15, 0.2) is 47.6 Å². The van der Waals surface area contributed by atoms with Gasteiger partial charge in [0.2, 0.25) is 12.7 Å². The standard InChI is InChI=1S/C20H16F2N2O3S/c1-2-14-8-19(27-15-4-6-17-18(9-15)26-11-25-17)24-20(23-14)28-10-12-7-13(21)3-5-16(12)22/h3-9H,2,10-11H2,1H3. The van der Waals surface area contributed by atoms with Crippen molar-refractivity contribution in [1.29, 1.82) is 0 Å². The molecule has 2 heterocycles. The number of thioether (sulfide) groups is 1. The molecule has 0 spiro atoms. The first-order valence-corrected chi connectivity index (χ1v) is 9.61. The predicted octanol–water partition coefficient (Wildman–Crippen LogP) is 5.13. The van der Waals surface area contributed by atoms with Crippen LogP contribution in [0.2, 0.25) is 0 Å². The zero-order valence-corrected chi connectivity index (χ0v) is 15.8. The van der Waals surface area contributed by atoms with E-state index in [1.165, 1.54) is 17.8 Å². The average Bonchev–Trinajstić information content (AvgIpc) is 3.16. The van der Waals surface area contributed by atoms with Crippen molar-refractivity contribution in [3.05, 3.63) is 65.4 Å². The van der Waals surface area contributed by atoms with E-state index in [2.05, 4.69) is 9.97 Å². The van der Waals surface area contributed by atoms with Gasteiger partial charge in [-0.25, -0.2) is 13.8 Å². The maximum Gasteiger partial charge on any atom is 0.231 e. The van der Waals surface area contributed by atoms with Gasteiger partial charge in [-0.15, -0.1) is 0 Å². The first-order valence-electron chi connectivity index (χ1n) is 8.63. The first-order chi connectivity index (χ1) is 13.6. The molecule has 0 atom stereocenters. The van der Waals surface area contributed by atoms with Crippen LogP contribution < -0.4 is 14.2 Å². The van der Waals surface area contributed by atoms with E-state index in [9.17, 15) is 8.78 Å². The molecule has 5 nitrogen and oxygen atoms in total. The molecule has 8 heteroatoms. The molecule has 0 radical (unpaired) electrons. The van der Waals surface area contributed by atoms with Crippen molar-refractivity contribution in [2.45, 2.75) is 24.3 Å². The number of ether oxygens (including phenoxy) is 3. The van der Waals surface area contributed by atoms with Gasteiger partial charge in [0.05, 0.1) is 0 Å². The van der Waals surface area contributed by atoms with Gasteiger partial charge >= 0.3 is 0 Å². The Bertz CT molecular complexity index is 1020. The van der Waals surface area contributed by atoms with Crippen molar-refractivity contribution in [2.24, 2.45) is 0 Å². The van der Waals surface area contributed by atoms with E-state index in [0.717, 1.165) is 17.8 Å². The monoisotopic (exact) mass is 402 g/mol. The normalized spacial score (nSPS) is 12.2. The third kappa shape index (κ3) is 4.17. The molecule has 0 saturated heterocycles. The van der Waals surface area contributed by atoms with Gasteiger partial charge in [0, 0.05) is 29.1 Å². The molecule has 0 saturated carbocycles. The van der Waals surface area contributed by atoms with Crippen LogP contribution >= 0.6 is 11.8 Å². The van der Waals surface area contributed by atoms with Crippen molar-refractivity contribution in [1.82, 2.24) is 9.97 Å². The molecule has 3 aromatic rings. The number of nitrogens with zero attached hydrogens (tertiary/aromatic N) is 2. The fourth-order valence-electron chi connectivity index (χ4n) is 2.60. The quantitative estimate of drug-likeness (QED) is 0.421. The van der Waals surface area contributed by atoms with Crippen LogP contribution in [0.25, 0.3) is 0 Å². The second-order valence-electron chi connectivity index (χ2n) is 5.98. The number of benzene rings is 2. The van der Waals surface area contributed by atoms with E-state index in [1.54, 1.807) is 24.3 Å². The lowest BCUT2D eigenvalue weighted by Gasteiger charge is -2.09. The summed E-state index contributed by atoms with van der Waals surface area (Å²) in [7, 11) is 0. The minimum absolute atomic E-state index is 0.184. The minimum Gasteiger partial charge on any atom is -0.454 e. The minimum atomic E-state index is -0.480. The molecule has 1 aromatic heterocycles. The Morgan fingerprint density at radius 2 is 1.89 bits per heavy atom. The fraction of sp³-hybridized carbons (Fsp3) is 0.200. The highest BCUT2D eigenvalue weighted by molar-refractivity contribution is 7.98. The maximum absolute atomic E-state index is 13.8. The summed E-state index contributed by atoms with van der Waals surface area (Å²) in [5.74, 6) is 1.46. The summed E-state index contributed by atoms with van der Waals surface area (Å²) < 4.78 is 43.7. The summed E-state index contributed by atoms with van der Waals surface area (Å²) in [5, 5.41) is 0.429. The molecule has 0 fully saturated rings. The predicted molar refractivity (Wildman–Crippen MR) is 100.0 cm³/mol. The first kappa shape index (κ1) is 18.5. The molecular formula is C20H16F2N2O3S. The van der Waals surface area contributed by atoms with Crippen molar-refractivity contribution >= 4 is 11.8 Å². The van der Waals surface area contributed by atoms with Gasteiger partial charge in [0.1, 0.15) is 17.4 Å². The second-order valence-corrected chi connectivity index (χ2v) is 6.92. The van der Waals surface area contributed by atoms with E-state index in [-0.39, 0.29) is 18.1 Å². The van der Waals surface area contributed by atoms with E-state index in [4.69, 9.17) is 14.2 Å². The van der Waals surface area contributed by atoms with Gasteiger partial charge in [0.25, 0.3) is 0 Å². The molecule has 28 heavy (non-hydrogen) atoms. The Kier molecular flexibility index (Phi) is 5.29. The molecule has 4 rings (SSSR count). The van der Waals surface area contributed by atoms with Gasteiger partial charge in [-0.1, -0.05) is 18.7 Å². The van der Waals surface area contributed by atoms with Crippen molar-refractivity contribution < 1.29 is 23.0 Å². The van der Waals surface area contributed by atoms with E-state index < -0.39 is 11.6 Å². The van der Waals surface area contributed by atoms with Crippen molar-refractivity contribution in [3.63, 3.8) is 0 Å². The SMILES string of the molecule is CCc1cc(Oc2ccc3c(c2)OCO3)nc(SCc2cc(F)ccc2F)n1. The molecular weight excluding hydrogens is 386 g/mol. The Balaban J connectivity index is 1.53. The van der Waals surface area contributed by atoms with Crippen LogP contribution in [0.3, 0.4) is 0 Å². The van der Waals surface area contributed by atoms with Crippen LogP contribution in [-0.2, 0) is 12.2 Å². The number of aryl methyl sites for hydroxylation is 1. The zero-order chi connectivity index (χ0) is 19.5. The molecule has 0 amide bonds. The van der Waals surface area contributed by atoms with Crippen LogP contribution in [0.1, 0.15) is 18.2 Å². The molecule has 1 aliphatic rings. The van der Waals surface area contributed by atoms with Gasteiger partial charge in [-0.2, -0.15) is 4.98 Å². The Morgan fingerprint density at radius 3 is 2.75 bits per heavy atom. The lowest BCUT2D eigenvalue weighted by atomic mass is 10.2. The highest BCUT2D eigenvalue weighted by Crippen LogP contribution is 2.36. The Morgan fingerprint density at radius 1 is 1.04 bits per heavy atom. The molecule has 2 aromatic carbocycles. The summed E-state index contributed by atoms with van der Waals surface area (Å²) in [6, 6.07) is 10.4.